The molecule has 0 aromatic heterocycles. The molecular formula is C16H11F7N2O4S2. The number of benzene rings is 2. The molecule has 0 aliphatic heterocycles. The summed E-state index contributed by atoms with van der Waals surface area (Å²) in [6.45, 7) is 0. The molecule has 0 aliphatic carbocycles. The van der Waals surface area contributed by atoms with Gasteiger partial charge >= 0.3 is 33.3 Å². The quantitative estimate of drug-likeness (QED) is 0.303. The molecule has 0 heterocycles. The van der Waals surface area contributed by atoms with Gasteiger partial charge in [-0.25, -0.2) is 13.6 Å². The fourth-order valence-corrected chi connectivity index (χ4v) is 3.15. The maximum Gasteiger partial charge on any atom is 0.446 e. The Bertz CT molecular complexity index is 1010. The van der Waals surface area contributed by atoms with Crippen LogP contribution in [0.4, 0.5) is 46.9 Å². The number of alkyl halides is 7. The molecule has 2 N–H and O–H groups in total. The van der Waals surface area contributed by atoms with Gasteiger partial charge in [-0.2, -0.15) is 30.4 Å². The number of rotatable bonds is 7. The number of thioether (sulfide) groups is 1. The van der Waals surface area contributed by atoms with Crippen LogP contribution in [-0.4, -0.2) is 31.6 Å². The topological polar surface area (TPSA) is 84.5 Å². The van der Waals surface area contributed by atoms with Crippen molar-refractivity contribution >= 4 is 39.3 Å². The van der Waals surface area contributed by atoms with E-state index in [4.69, 9.17) is 0 Å². The van der Waals surface area contributed by atoms with Gasteiger partial charge in [-0.15, -0.1) is 0 Å². The second-order valence-corrected chi connectivity index (χ2v) is 8.33. The molecule has 15 heteroatoms. The maximum absolute atomic E-state index is 13.0. The Morgan fingerprint density at radius 3 is 1.74 bits per heavy atom. The first-order valence-electron chi connectivity index (χ1n) is 7.83. The van der Waals surface area contributed by atoms with E-state index in [2.05, 4.69) is 14.8 Å². The van der Waals surface area contributed by atoms with Gasteiger partial charge in [0.25, 0.3) is 0 Å². The van der Waals surface area contributed by atoms with Crippen LogP contribution in [0.2, 0.25) is 0 Å². The molecule has 0 bridgehead atoms. The summed E-state index contributed by atoms with van der Waals surface area (Å²) in [7, 11) is -5.96. The molecule has 0 fully saturated rings. The van der Waals surface area contributed by atoms with Crippen LogP contribution >= 0.6 is 11.8 Å². The third-order valence-electron chi connectivity index (χ3n) is 3.25. The maximum atomic E-state index is 13.0. The standard InChI is InChI=1S/C16H11F7N2O4S2/c17-13(18)15(19,20)31(27,28)29-11-5-1-9(2-6-11)24-14(26)25-10-3-7-12(8-4-10)30-16(21,22)23/h1-8,13H,(H2,24,25,26). The van der Waals surface area contributed by atoms with Crippen LogP contribution in [0.5, 0.6) is 5.75 Å². The minimum absolute atomic E-state index is 0.0344. The molecule has 2 aromatic carbocycles. The summed E-state index contributed by atoms with van der Waals surface area (Å²) in [6, 6.07) is 7.61. The van der Waals surface area contributed by atoms with Gasteiger partial charge in [0.1, 0.15) is 5.75 Å². The first kappa shape index (κ1) is 24.6. The summed E-state index contributed by atoms with van der Waals surface area (Å²) in [6.07, 6.45) is -4.50. The lowest BCUT2D eigenvalue weighted by atomic mass is 10.3. The Morgan fingerprint density at radius 1 is 0.871 bits per heavy atom. The van der Waals surface area contributed by atoms with Gasteiger partial charge in [0.05, 0.1) is 0 Å². The summed E-state index contributed by atoms with van der Waals surface area (Å²) in [5.41, 5.74) is -4.27. The molecular weight excluding hydrogens is 481 g/mol. The first-order valence-corrected chi connectivity index (χ1v) is 10.1. The molecule has 0 aliphatic rings. The van der Waals surface area contributed by atoms with E-state index in [0.717, 1.165) is 36.4 Å². The normalized spacial score (nSPS) is 12.5. The highest BCUT2D eigenvalue weighted by atomic mass is 32.2. The summed E-state index contributed by atoms with van der Waals surface area (Å²) < 4.78 is 114. The molecule has 0 spiro atoms. The van der Waals surface area contributed by atoms with E-state index in [1.807, 2.05) is 0 Å². The minimum atomic E-state index is -5.96. The number of amides is 2. The van der Waals surface area contributed by atoms with Crippen molar-refractivity contribution in [1.82, 2.24) is 0 Å². The van der Waals surface area contributed by atoms with Crippen molar-refractivity contribution in [3.8, 4) is 5.75 Å². The Hall–Kier alpha value is -2.68. The van der Waals surface area contributed by atoms with E-state index in [9.17, 15) is 43.9 Å². The van der Waals surface area contributed by atoms with Crippen molar-refractivity contribution in [2.45, 2.75) is 22.1 Å². The molecule has 6 nitrogen and oxygen atoms in total. The highest BCUT2D eigenvalue weighted by Crippen LogP contribution is 2.37. The second-order valence-electron chi connectivity index (χ2n) is 5.58. The number of carbonyl (C=O) groups is 1. The number of hydrogen-bond donors (Lipinski definition) is 2. The molecule has 31 heavy (non-hydrogen) atoms. The largest absolute Gasteiger partial charge is 0.446 e. The third kappa shape index (κ3) is 6.92. The Kier molecular flexibility index (Phi) is 7.31. The van der Waals surface area contributed by atoms with Gasteiger partial charge < -0.3 is 14.8 Å². The van der Waals surface area contributed by atoms with E-state index in [0.29, 0.717) is 0 Å². The van der Waals surface area contributed by atoms with Crippen LogP contribution in [0.25, 0.3) is 0 Å². The molecule has 170 valence electrons. The van der Waals surface area contributed by atoms with Gasteiger partial charge in [0.15, 0.2) is 0 Å². The van der Waals surface area contributed by atoms with Crippen molar-refractivity contribution in [3.05, 3.63) is 48.5 Å². The number of hydrogen-bond acceptors (Lipinski definition) is 5. The SMILES string of the molecule is O=C(Nc1ccc(OS(=O)(=O)C(F)(F)C(F)F)cc1)Nc1ccc(SC(F)(F)F)cc1. The van der Waals surface area contributed by atoms with Gasteiger partial charge in [-0.3, -0.25) is 0 Å². The van der Waals surface area contributed by atoms with Crippen molar-refractivity contribution < 1.29 is 48.1 Å². The number of halogens is 7. The number of nitrogens with one attached hydrogen (secondary N) is 2. The molecule has 2 aromatic rings. The Morgan fingerprint density at radius 2 is 1.32 bits per heavy atom. The van der Waals surface area contributed by atoms with Crippen LogP contribution in [-0.2, 0) is 10.1 Å². The summed E-state index contributed by atoms with van der Waals surface area (Å²) in [5, 5.41) is -0.830. The van der Waals surface area contributed by atoms with E-state index in [-0.39, 0.29) is 28.0 Å². The van der Waals surface area contributed by atoms with Gasteiger partial charge in [0, 0.05) is 16.3 Å². The van der Waals surface area contributed by atoms with Crippen molar-refractivity contribution in [2.75, 3.05) is 10.6 Å². The zero-order chi connectivity index (χ0) is 23.4. The number of anilines is 2. The van der Waals surface area contributed by atoms with Gasteiger partial charge in [-0.1, -0.05) is 0 Å². The molecule has 2 rings (SSSR count). The van der Waals surface area contributed by atoms with Crippen molar-refractivity contribution in [1.29, 1.82) is 0 Å². The van der Waals surface area contributed by atoms with E-state index in [1.165, 1.54) is 12.1 Å². The molecule has 2 amide bonds. The van der Waals surface area contributed by atoms with Crippen LogP contribution in [0.3, 0.4) is 0 Å². The average molecular weight is 492 g/mol. The highest BCUT2D eigenvalue weighted by molar-refractivity contribution is 8.00. The minimum Gasteiger partial charge on any atom is -0.378 e. The smallest absolute Gasteiger partial charge is 0.378 e. The fraction of sp³-hybridized carbons (Fsp3) is 0.188. The summed E-state index contributed by atoms with van der Waals surface area (Å²) in [5.74, 6) is -0.705. The Balaban J connectivity index is 1.96. The van der Waals surface area contributed by atoms with Crippen molar-refractivity contribution in [2.24, 2.45) is 0 Å². The monoisotopic (exact) mass is 492 g/mol. The van der Waals surface area contributed by atoms with E-state index < -0.39 is 39.1 Å². The second kappa shape index (κ2) is 9.21. The zero-order valence-electron chi connectivity index (χ0n) is 14.8. The molecule has 0 unspecified atom stereocenters. The lowest BCUT2D eigenvalue weighted by Gasteiger charge is -2.16. The molecule has 0 saturated heterocycles. The lowest BCUT2D eigenvalue weighted by molar-refractivity contribution is -0.0680. The van der Waals surface area contributed by atoms with Crippen LogP contribution < -0.4 is 14.8 Å². The third-order valence-corrected chi connectivity index (χ3v) is 5.25. The lowest BCUT2D eigenvalue weighted by Crippen LogP contribution is -2.39. The average Bonchev–Trinajstić information content (AvgIpc) is 2.63. The molecule has 0 atom stereocenters. The summed E-state index contributed by atoms with van der Waals surface area (Å²) >= 11 is -0.332. The highest BCUT2D eigenvalue weighted by Gasteiger charge is 2.56. The van der Waals surface area contributed by atoms with Gasteiger partial charge in [0.2, 0.25) is 0 Å². The van der Waals surface area contributed by atoms with Crippen molar-refractivity contribution in [3.63, 3.8) is 0 Å². The van der Waals surface area contributed by atoms with E-state index >= 15 is 0 Å². The summed E-state index contributed by atoms with van der Waals surface area (Å²) in [4.78, 5) is 11.8. The number of urea groups is 1. The predicted molar refractivity (Wildman–Crippen MR) is 97.9 cm³/mol. The Labute approximate surface area is 174 Å². The fourth-order valence-electron chi connectivity index (χ4n) is 1.92. The van der Waals surface area contributed by atoms with E-state index in [1.54, 1.807) is 0 Å². The predicted octanol–water partition coefficient (Wildman–Crippen LogP) is 5.51. The molecule has 0 saturated carbocycles. The number of carbonyl (C=O) groups excluding carboxylic acids is 1. The van der Waals surface area contributed by atoms with Gasteiger partial charge in [-0.05, 0) is 60.3 Å². The zero-order valence-corrected chi connectivity index (χ0v) is 16.4. The molecule has 0 radical (unpaired) electrons. The van der Waals surface area contributed by atoms with Crippen LogP contribution in [0.15, 0.2) is 53.4 Å². The first-order chi connectivity index (χ1) is 14.2. The van der Waals surface area contributed by atoms with Crippen LogP contribution in [0.1, 0.15) is 0 Å². The van der Waals surface area contributed by atoms with Crippen LogP contribution in [0, 0.1) is 0 Å².